The molecule has 0 atom stereocenters. The van der Waals surface area contributed by atoms with E-state index in [1.54, 1.807) is 0 Å². The Bertz CT molecular complexity index is 828. The molecule has 2 aliphatic rings. The van der Waals surface area contributed by atoms with Gasteiger partial charge in [0.2, 0.25) is 0 Å². The molecule has 0 aromatic heterocycles. The van der Waals surface area contributed by atoms with Crippen LogP contribution in [0.5, 0.6) is 0 Å². The van der Waals surface area contributed by atoms with Crippen molar-refractivity contribution < 1.29 is 0 Å². The second-order valence-electron chi connectivity index (χ2n) is 5.69. The fourth-order valence-electron chi connectivity index (χ4n) is 2.88. The molecule has 0 radical (unpaired) electrons. The molecule has 116 valence electrons. The maximum atomic E-state index is 3.53. The van der Waals surface area contributed by atoms with E-state index in [2.05, 4.69) is 71.3 Å². The van der Waals surface area contributed by atoms with Gasteiger partial charge in [0, 0.05) is 33.9 Å². The number of para-hydroxylation sites is 2. The summed E-state index contributed by atoms with van der Waals surface area (Å²) in [5.41, 5.74) is 6.77. The van der Waals surface area contributed by atoms with E-state index in [1.165, 1.54) is 11.1 Å². The van der Waals surface area contributed by atoms with Gasteiger partial charge in [-0.15, -0.1) is 0 Å². The maximum absolute atomic E-state index is 3.53. The molecule has 0 unspecified atom stereocenters. The number of nitrogens with one attached hydrogen (secondary N) is 2. The van der Waals surface area contributed by atoms with Crippen molar-refractivity contribution >= 4 is 22.7 Å². The molecule has 24 heavy (non-hydrogen) atoms. The molecule has 2 N–H and O–H groups in total. The molecule has 2 nitrogen and oxygen atoms in total. The fraction of sp³-hybridized carbons (Fsp3) is 0. The van der Waals surface area contributed by atoms with Gasteiger partial charge in [-0.1, -0.05) is 66.7 Å². The van der Waals surface area contributed by atoms with Crippen LogP contribution >= 0.6 is 0 Å². The number of anilines is 4. The lowest BCUT2D eigenvalue weighted by Crippen LogP contribution is -1.88. The maximum Gasteiger partial charge on any atom is 0.0485 e. The van der Waals surface area contributed by atoms with Gasteiger partial charge in [0.25, 0.3) is 0 Å². The standard InChI is InChI=1S/C22H18N2/c1-4-10-17(11-5-1)23-21-16-22(24-18-12-6-2-7-13-18)20-15-9-3-8-14-19(20)21/h1-16,23-24H. The van der Waals surface area contributed by atoms with E-state index < -0.39 is 0 Å². The SMILES string of the molecule is c1ccc(Nc2cc(Nc3ccccc3)c3cccccc2-3)cc1. The average Bonchev–Trinajstić information content (AvgIpc) is 2.80. The highest BCUT2D eigenvalue weighted by atomic mass is 14.9. The molecule has 2 aromatic carbocycles. The Morgan fingerprint density at radius 2 is 0.792 bits per heavy atom. The Kier molecular flexibility index (Phi) is 3.86. The third kappa shape index (κ3) is 2.95. The molecule has 0 bridgehead atoms. The van der Waals surface area contributed by atoms with Crippen molar-refractivity contribution in [2.75, 3.05) is 10.6 Å². The summed E-state index contributed by atoms with van der Waals surface area (Å²) in [6, 6.07) is 33.2. The quantitative estimate of drug-likeness (QED) is 0.463. The van der Waals surface area contributed by atoms with Crippen molar-refractivity contribution in [3.8, 4) is 11.1 Å². The zero-order valence-electron chi connectivity index (χ0n) is 13.2. The van der Waals surface area contributed by atoms with Crippen LogP contribution in [0.2, 0.25) is 0 Å². The van der Waals surface area contributed by atoms with Gasteiger partial charge in [0.05, 0.1) is 0 Å². The van der Waals surface area contributed by atoms with E-state index in [0.29, 0.717) is 0 Å². The molecule has 0 heterocycles. The Balaban J connectivity index is 1.75. The zero-order chi connectivity index (χ0) is 16.2. The van der Waals surface area contributed by atoms with Crippen LogP contribution in [-0.4, -0.2) is 0 Å². The number of rotatable bonds is 4. The molecule has 4 rings (SSSR count). The lowest BCUT2D eigenvalue weighted by Gasteiger charge is -2.06. The minimum Gasteiger partial charge on any atom is -0.355 e. The van der Waals surface area contributed by atoms with Crippen molar-refractivity contribution in [2.24, 2.45) is 0 Å². The highest BCUT2D eigenvalue weighted by Crippen LogP contribution is 2.41. The monoisotopic (exact) mass is 310 g/mol. The number of fused-ring (bicyclic) bond motifs is 1. The van der Waals surface area contributed by atoms with Gasteiger partial charge < -0.3 is 10.6 Å². The van der Waals surface area contributed by atoms with E-state index in [1.807, 2.05) is 36.4 Å². The number of hydrogen-bond donors (Lipinski definition) is 2. The largest absolute Gasteiger partial charge is 0.355 e. The van der Waals surface area contributed by atoms with E-state index in [0.717, 1.165) is 22.7 Å². The Hall–Kier alpha value is -3.26. The van der Waals surface area contributed by atoms with Gasteiger partial charge >= 0.3 is 0 Å². The predicted molar refractivity (Wildman–Crippen MR) is 103 cm³/mol. The summed E-state index contributed by atoms with van der Waals surface area (Å²) in [5, 5.41) is 7.05. The van der Waals surface area contributed by atoms with Crippen molar-refractivity contribution in [2.45, 2.75) is 0 Å². The van der Waals surface area contributed by atoms with Gasteiger partial charge in [0.1, 0.15) is 0 Å². The van der Waals surface area contributed by atoms with Crippen LogP contribution in [0.15, 0.2) is 97.1 Å². The molecule has 2 aliphatic carbocycles. The molecular formula is C22H18N2. The minimum atomic E-state index is 1.09. The lowest BCUT2D eigenvalue weighted by atomic mass is 10.1. The first-order valence-electron chi connectivity index (χ1n) is 8.06. The summed E-state index contributed by atoms with van der Waals surface area (Å²) in [6.07, 6.45) is 0. The highest BCUT2D eigenvalue weighted by Gasteiger charge is 2.15. The Labute approximate surface area is 142 Å². The average molecular weight is 310 g/mol. The summed E-state index contributed by atoms with van der Waals surface area (Å²) in [4.78, 5) is 0. The molecule has 0 aliphatic heterocycles. The summed E-state index contributed by atoms with van der Waals surface area (Å²) >= 11 is 0. The molecule has 2 heteroatoms. The van der Waals surface area contributed by atoms with Gasteiger partial charge in [0.15, 0.2) is 0 Å². The van der Waals surface area contributed by atoms with E-state index in [9.17, 15) is 0 Å². The summed E-state index contributed by atoms with van der Waals surface area (Å²) < 4.78 is 0. The molecule has 0 saturated heterocycles. The predicted octanol–water partition coefficient (Wildman–Crippen LogP) is 6.28. The van der Waals surface area contributed by atoms with Crippen LogP contribution in [0.4, 0.5) is 22.7 Å². The van der Waals surface area contributed by atoms with E-state index in [-0.39, 0.29) is 0 Å². The highest BCUT2D eigenvalue weighted by molar-refractivity contribution is 5.95. The van der Waals surface area contributed by atoms with Crippen molar-refractivity contribution in [3.63, 3.8) is 0 Å². The Morgan fingerprint density at radius 3 is 1.21 bits per heavy atom. The van der Waals surface area contributed by atoms with E-state index in [4.69, 9.17) is 0 Å². The third-order valence-corrected chi connectivity index (χ3v) is 4.01. The van der Waals surface area contributed by atoms with E-state index >= 15 is 0 Å². The molecule has 2 aromatic rings. The second kappa shape index (κ2) is 6.47. The molecular weight excluding hydrogens is 292 g/mol. The van der Waals surface area contributed by atoms with Gasteiger partial charge in [-0.3, -0.25) is 0 Å². The zero-order valence-corrected chi connectivity index (χ0v) is 13.2. The van der Waals surface area contributed by atoms with Gasteiger partial charge in [-0.2, -0.15) is 0 Å². The molecule has 0 saturated carbocycles. The summed E-state index contributed by atoms with van der Waals surface area (Å²) in [7, 11) is 0. The smallest absolute Gasteiger partial charge is 0.0485 e. The topological polar surface area (TPSA) is 24.1 Å². The lowest BCUT2D eigenvalue weighted by molar-refractivity contribution is 1.57. The molecule has 0 spiro atoms. The van der Waals surface area contributed by atoms with Crippen LogP contribution in [-0.2, 0) is 0 Å². The first-order valence-corrected chi connectivity index (χ1v) is 8.06. The van der Waals surface area contributed by atoms with Crippen molar-refractivity contribution in [1.82, 2.24) is 0 Å². The fourth-order valence-corrected chi connectivity index (χ4v) is 2.88. The van der Waals surface area contributed by atoms with Crippen molar-refractivity contribution in [1.29, 1.82) is 0 Å². The van der Waals surface area contributed by atoms with Crippen LogP contribution in [0.1, 0.15) is 0 Å². The first-order chi connectivity index (χ1) is 11.9. The van der Waals surface area contributed by atoms with Gasteiger partial charge in [-0.25, -0.2) is 0 Å². The van der Waals surface area contributed by atoms with Crippen LogP contribution in [0, 0.1) is 0 Å². The summed E-state index contributed by atoms with van der Waals surface area (Å²) in [5.74, 6) is 0. The second-order valence-corrected chi connectivity index (χ2v) is 5.69. The van der Waals surface area contributed by atoms with Gasteiger partial charge in [-0.05, 0) is 30.3 Å². The molecule has 0 fully saturated rings. The first kappa shape index (κ1) is 14.3. The number of hydrogen-bond acceptors (Lipinski definition) is 2. The third-order valence-electron chi connectivity index (χ3n) is 4.01. The van der Waals surface area contributed by atoms with Crippen LogP contribution in [0.3, 0.4) is 0 Å². The normalized spacial score (nSPS) is 10.5. The van der Waals surface area contributed by atoms with Crippen LogP contribution in [0.25, 0.3) is 11.1 Å². The van der Waals surface area contributed by atoms with Crippen molar-refractivity contribution in [3.05, 3.63) is 97.1 Å². The number of benzene rings is 2. The van der Waals surface area contributed by atoms with Crippen LogP contribution < -0.4 is 10.6 Å². The Morgan fingerprint density at radius 1 is 0.417 bits per heavy atom. The summed E-state index contributed by atoms with van der Waals surface area (Å²) in [6.45, 7) is 0. The molecule has 0 amide bonds. The minimum absolute atomic E-state index is 1.09.